The summed E-state index contributed by atoms with van der Waals surface area (Å²) < 4.78 is 6.09. The van der Waals surface area contributed by atoms with Gasteiger partial charge >= 0.3 is 5.97 Å². The van der Waals surface area contributed by atoms with Gasteiger partial charge in [-0.2, -0.15) is 0 Å². The molecule has 0 saturated carbocycles. The first-order valence-corrected chi connectivity index (χ1v) is 9.44. The van der Waals surface area contributed by atoms with Crippen molar-refractivity contribution in [1.82, 2.24) is 0 Å². The number of hydrogen-bond acceptors (Lipinski definition) is 3. The van der Waals surface area contributed by atoms with Crippen molar-refractivity contribution in [2.75, 3.05) is 18.0 Å². The molecule has 0 fully saturated rings. The van der Waals surface area contributed by atoms with Gasteiger partial charge in [-0.3, -0.25) is 0 Å². The average molecular weight is 357 g/mol. The Hall–Kier alpha value is -3.07. The van der Waals surface area contributed by atoms with E-state index in [0.717, 1.165) is 29.8 Å². The Labute approximate surface area is 160 Å². The number of fused-ring (bicyclic) bond motifs is 1. The molecule has 0 spiro atoms. The highest BCUT2D eigenvalue weighted by Gasteiger charge is 2.48. The van der Waals surface area contributed by atoms with Gasteiger partial charge in [0.15, 0.2) is 5.60 Å². The van der Waals surface area contributed by atoms with Crippen LogP contribution in [0.25, 0.3) is 0 Å². The highest BCUT2D eigenvalue weighted by atomic mass is 16.6. The molecular weight excluding hydrogens is 334 g/mol. The largest absolute Gasteiger partial charge is 0.441 e. The number of carbonyl (C=O) groups excluding carboxylic acids is 1. The summed E-state index contributed by atoms with van der Waals surface area (Å²) in [4.78, 5) is 15.0. The summed E-state index contributed by atoms with van der Waals surface area (Å²) in [5.74, 6) is -0.276. The number of benzene rings is 3. The lowest BCUT2D eigenvalue weighted by Crippen LogP contribution is -2.29. The maximum absolute atomic E-state index is 12.7. The van der Waals surface area contributed by atoms with Crippen molar-refractivity contribution in [3.63, 3.8) is 0 Å². The lowest BCUT2D eigenvalue weighted by atomic mass is 9.80. The molecular formula is C24H23NO2. The minimum atomic E-state index is -0.906. The number of esters is 1. The molecule has 0 aromatic heterocycles. The van der Waals surface area contributed by atoms with E-state index >= 15 is 0 Å². The number of anilines is 1. The summed E-state index contributed by atoms with van der Waals surface area (Å²) in [6, 6.07) is 26.0. The Kier molecular flexibility index (Phi) is 4.44. The molecule has 1 aliphatic rings. The van der Waals surface area contributed by atoms with Crippen molar-refractivity contribution in [3.05, 3.63) is 101 Å². The Balaban J connectivity index is 1.90. The Morgan fingerprint density at radius 1 is 0.778 bits per heavy atom. The van der Waals surface area contributed by atoms with Gasteiger partial charge in [-0.25, -0.2) is 4.79 Å². The van der Waals surface area contributed by atoms with Crippen LogP contribution in [0.5, 0.6) is 0 Å². The van der Waals surface area contributed by atoms with E-state index in [1.807, 2.05) is 54.6 Å². The third kappa shape index (κ3) is 2.71. The molecule has 4 rings (SSSR count). The van der Waals surface area contributed by atoms with E-state index in [1.54, 1.807) is 0 Å². The first-order chi connectivity index (χ1) is 13.2. The molecule has 3 nitrogen and oxygen atoms in total. The van der Waals surface area contributed by atoms with Crippen LogP contribution < -0.4 is 4.90 Å². The fourth-order valence-corrected chi connectivity index (χ4v) is 3.98. The zero-order valence-electron chi connectivity index (χ0n) is 15.7. The highest BCUT2D eigenvalue weighted by molar-refractivity contribution is 5.96. The van der Waals surface area contributed by atoms with Crippen molar-refractivity contribution >= 4 is 11.7 Å². The Morgan fingerprint density at radius 3 is 2.04 bits per heavy atom. The highest BCUT2D eigenvalue weighted by Crippen LogP contribution is 2.47. The van der Waals surface area contributed by atoms with Gasteiger partial charge < -0.3 is 9.64 Å². The van der Waals surface area contributed by atoms with Crippen LogP contribution in [-0.4, -0.2) is 19.1 Å². The summed E-state index contributed by atoms with van der Waals surface area (Å²) in [5.41, 5.74) is 3.72. The molecule has 0 radical (unpaired) electrons. The minimum Gasteiger partial charge on any atom is -0.441 e. The standard InChI is InChI=1S/C24H23NO2/c1-3-25(4-2)20-16-14-19(15-17-20)24(18-10-6-5-7-11-18)22-13-9-8-12-21(22)23(26)27-24/h5-17H,3-4H2,1-2H3. The number of carbonyl (C=O) groups is 1. The van der Waals surface area contributed by atoms with E-state index in [2.05, 4.69) is 43.0 Å². The van der Waals surface area contributed by atoms with Gasteiger partial charge in [-0.05, 0) is 32.0 Å². The minimum absolute atomic E-state index is 0.276. The summed E-state index contributed by atoms with van der Waals surface area (Å²) in [5, 5.41) is 0. The van der Waals surface area contributed by atoms with Crippen LogP contribution in [0.15, 0.2) is 78.9 Å². The van der Waals surface area contributed by atoms with Gasteiger partial charge in [0.05, 0.1) is 5.56 Å². The van der Waals surface area contributed by atoms with Crippen LogP contribution in [0.4, 0.5) is 5.69 Å². The summed E-state index contributed by atoms with van der Waals surface area (Å²) >= 11 is 0. The second-order valence-electron chi connectivity index (χ2n) is 6.70. The van der Waals surface area contributed by atoms with Crippen LogP contribution in [0.1, 0.15) is 40.9 Å². The van der Waals surface area contributed by atoms with E-state index in [-0.39, 0.29) is 5.97 Å². The molecule has 0 amide bonds. The number of rotatable bonds is 5. The predicted molar refractivity (Wildman–Crippen MR) is 108 cm³/mol. The second-order valence-corrected chi connectivity index (χ2v) is 6.70. The topological polar surface area (TPSA) is 29.5 Å². The zero-order chi connectivity index (χ0) is 18.9. The molecule has 3 aromatic rings. The van der Waals surface area contributed by atoms with E-state index in [4.69, 9.17) is 4.74 Å². The summed E-state index contributed by atoms with van der Waals surface area (Å²) in [7, 11) is 0. The van der Waals surface area contributed by atoms with Crippen molar-refractivity contribution < 1.29 is 9.53 Å². The molecule has 0 saturated heterocycles. The molecule has 1 atom stereocenters. The molecule has 136 valence electrons. The SMILES string of the molecule is CCN(CC)c1ccc(C2(c3ccccc3)OC(=O)c3ccccc32)cc1. The van der Waals surface area contributed by atoms with Gasteiger partial charge in [0.1, 0.15) is 0 Å². The number of nitrogens with zero attached hydrogens (tertiary/aromatic N) is 1. The fourth-order valence-electron chi connectivity index (χ4n) is 3.98. The maximum atomic E-state index is 12.7. The van der Waals surface area contributed by atoms with Crippen LogP contribution >= 0.6 is 0 Å². The quantitative estimate of drug-likeness (QED) is 0.602. The summed E-state index contributed by atoms with van der Waals surface area (Å²) in [6.07, 6.45) is 0. The lowest BCUT2D eigenvalue weighted by molar-refractivity contribution is 0.0251. The van der Waals surface area contributed by atoms with E-state index in [9.17, 15) is 4.79 Å². The van der Waals surface area contributed by atoms with Crippen LogP contribution in [-0.2, 0) is 10.3 Å². The molecule has 1 heterocycles. The van der Waals surface area contributed by atoms with Crippen molar-refractivity contribution in [2.24, 2.45) is 0 Å². The first kappa shape index (κ1) is 17.3. The second kappa shape index (κ2) is 6.92. The third-order valence-corrected chi connectivity index (χ3v) is 5.35. The molecule has 0 bridgehead atoms. The van der Waals surface area contributed by atoms with Crippen LogP contribution in [0, 0.1) is 0 Å². The van der Waals surface area contributed by atoms with Gasteiger partial charge in [-0.1, -0.05) is 60.7 Å². The van der Waals surface area contributed by atoms with Crippen molar-refractivity contribution in [2.45, 2.75) is 19.4 Å². The van der Waals surface area contributed by atoms with Gasteiger partial charge in [0.25, 0.3) is 0 Å². The number of hydrogen-bond donors (Lipinski definition) is 0. The number of ether oxygens (including phenoxy) is 1. The molecule has 27 heavy (non-hydrogen) atoms. The first-order valence-electron chi connectivity index (χ1n) is 9.44. The monoisotopic (exact) mass is 357 g/mol. The summed E-state index contributed by atoms with van der Waals surface area (Å²) in [6.45, 7) is 6.21. The van der Waals surface area contributed by atoms with Gasteiger partial charge in [0.2, 0.25) is 0 Å². The molecule has 1 unspecified atom stereocenters. The number of cyclic esters (lactones) is 1. The Bertz CT molecular complexity index is 946. The maximum Gasteiger partial charge on any atom is 0.340 e. The lowest BCUT2D eigenvalue weighted by Gasteiger charge is -2.31. The average Bonchev–Trinajstić information content (AvgIpc) is 3.04. The van der Waals surface area contributed by atoms with Crippen molar-refractivity contribution in [1.29, 1.82) is 0 Å². The van der Waals surface area contributed by atoms with E-state index < -0.39 is 5.60 Å². The van der Waals surface area contributed by atoms with Crippen LogP contribution in [0.3, 0.4) is 0 Å². The molecule has 3 heteroatoms. The van der Waals surface area contributed by atoms with Gasteiger partial charge in [0, 0.05) is 35.5 Å². The predicted octanol–water partition coefficient (Wildman–Crippen LogP) is 5.00. The van der Waals surface area contributed by atoms with Gasteiger partial charge in [-0.15, -0.1) is 0 Å². The normalized spacial score (nSPS) is 18.1. The van der Waals surface area contributed by atoms with E-state index in [0.29, 0.717) is 5.56 Å². The third-order valence-electron chi connectivity index (χ3n) is 5.35. The van der Waals surface area contributed by atoms with E-state index in [1.165, 1.54) is 5.69 Å². The smallest absolute Gasteiger partial charge is 0.340 e. The molecule has 3 aromatic carbocycles. The molecule has 0 N–H and O–H groups in total. The van der Waals surface area contributed by atoms with Crippen molar-refractivity contribution in [3.8, 4) is 0 Å². The molecule has 1 aliphatic heterocycles. The fraction of sp³-hybridized carbons (Fsp3) is 0.208. The molecule has 0 aliphatic carbocycles. The zero-order valence-corrected chi connectivity index (χ0v) is 15.7. The Morgan fingerprint density at radius 2 is 1.37 bits per heavy atom. The van der Waals surface area contributed by atoms with Crippen LogP contribution in [0.2, 0.25) is 0 Å².